The summed E-state index contributed by atoms with van der Waals surface area (Å²) in [7, 11) is 0. The van der Waals surface area contributed by atoms with Gasteiger partial charge in [-0.05, 0) is 16.6 Å². The zero-order valence-corrected chi connectivity index (χ0v) is 7.99. The molecule has 0 fully saturated rings. The van der Waals surface area contributed by atoms with E-state index in [1.165, 1.54) is 6.07 Å². The van der Waals surface area contributed by atoms with E-state index < -0.39 is 5.09 Å². The van der Waals surface area contributed by atoms with Crippen LogP contribution in [-0.4, -0.2) is 5.09 Å². The Morgan fingerprint density at radius 2 is 1.94 bits per heavy atom. The Bertz CT molecular complexity index is 568. The molecule has 16 heavy (non-hydrogen) atoms. The molecule has 0 heterocycles. The summed E-state index contributed by atoms with van der Waals surface area (Å²) in [6.07, 6.45) is 0. The minimum Gasteiger partial charge on any atom is -0.274 e. The van der Waals surface area contributed by atoms with Gasteiger partial charge in [-0.2, -0.15) is 0 Å². The van der Waals surface area contributed by atoms with Crippen LogP contribution in [-0.2, 0) is 0 Å². The summed E-state index contributed by atoms with van der Waals surface area (Å²) in [5.41, 5.74) is -0.0604. The van der Waals surface area contributed by atoms with Crippen molar-refractivity contribution in [3.05, 3.63) is 51.4 Å². The van der Waals surface area contributed by atoms with Crippen molar-refractivity contribution >= 4 is 16.5 Å². The van der Waals surface area contributed by atoms with Gasteiger partial charge in [0.15, 0.2) is 5.75 Å². The smallest absolute Gasteiger partial charge is 0.274 e. The monoisotopic (exact) mass is 218 g/mol. The number of fused-ring (bicyclic) bond motifs is 1. The third kappa shape index (κ3) is 1.68. The van der Waals surface area contributed by atoms with Gasteiger partial charge in [-0.1, -0.05) is 30.3 Å². The lowest BCUT2D eigenvalue weighted by molar-refractivity contribution is -0.710. The average molecular weight is 218 g/mol. The maximum atomic E-state index is 10.7. The van der Waals surface area contributed by atoms with Gasteiger partial charge >= 0.3 is 0 Å². The van der Waals surface area contributed by atoms with Crippen LogP contribution in [0.4, 0.5) is 5.69 Å². The molecule has 80 valence electrons. The van der Waals surface area contributed by atoms with Crippen LogP contribution < -0.4 is 4.84 Å². The van der Waals surface area contributed by atoms with E-state index in [9.17, 15) is 15.0 Å². The van der Waals surface area contributed by atoms with Crippen LogP contribution in [0, 0.1) is 15.0 Å². The second-order valence-electron chi connectivity index (χ2n) is 3.04. The minimum absolute atomic E-state index is 0.0604. The van der Waals surface area contributed by atoms with E-state index in [1.54, 1.807) is 30.3 Å². The van der Waals surface area contributed by atoms with Gasteiger partial charge < -0.3 is 0 Å². The molecule has 6 nitrogen and oxygen atoms in total. The first-order valence-corrected chi connectivity index (χ1v) is 4.40. The first-order valence-electron chi connectivity index (χ1n) is 4.40. The van der Waals surface area contributed by atoms with Gasteiger partial charge in [0.25, 0.3) is 5.09 Å². The lowest BCUT2D eigenvalue weighted by Gasteiger charge is -2.04. The van der Waals surface area contributed by atoms with Gasteiger partial charge in [-0.25, -0.2) is 0 Å². The highest BCUT2D eigenvalue weighted by Crippen LogP contribution is 2.35. The number of hydrogen-bond acceptors (Lipinski definition) is 5. The van der Waals surface area contributed by atoms with Crippen molar-refractivity contribution in [2.75, 3.05) is 0 Å². The first-order chi connectivity index (χ1) is 7.72. The summed E-state index contributed by atoms with van der Waals surface area (Å²) in [4.78, 5) is 25.2. The standard InChI is InChI=1S/C10H6N2O4/c13-11-10-8-4-2-1-3-7(8)5-6-9(10)16-12(14)15/h1-6H. The van der Waals surface area contributed by atoms with Gasteiger partial charge in [0.05, 0.1) is 0 Å². The molecular weight excluding hydrogens is 212 g/mol. The fourth-order valence-corrected chi connectivity index (χ4v) is 1.48. The fraction of sp³-hybridized carbons (Fsp3) is 0. The molecule has 0 saturated heterocycles. The second-order valence-corrected chi connectivity index (χ2v) is 3.04. The van der Waals surface area contributed by atoms with Gasteiger partial charge in [-0.3, -0.25) is 4.84 Å². The van der Waals surface area contributed by atoms with Crippen molar-refractivity contribution in [2.24, 2.45) is 5.18 Å². The predicted molar refractivity (Wildman–Crippen MR) is 57.0 cm³/mol. The van der Waals surface area contributed by atoms with Crippen molar-refractivity contribution in [3.8, 4) is 5.75 Å². The minimum atomic E-state index is -0.973. The van der Waals surface area contributed by atoms with Crippen LogP contribution in [0.25, 0.3) is 10.8 Å². The summed E-state index contributed by atoms with van der Waals surface area (Å²) in [5.74, 6) is -0.154. The second kappa shape index (κ2) is 3.93. The molecule has 0 spiro atoms. The molecule has 0 aliphatic carbocycles. The summed E-state index contributed by atoms with van der Waals surface area (Å²) >= 11 is 0. The van der Waals surface area contributed by atoms with E-state index in [0.29, 0.717) is 5.39 Å². The zero-order chi connectivity index (χ0) is 11.5. The van der Waals surface area contributed by atoms with Gasteiger partial charge in [-0.15, -0.1) is 15.0 Å². The normalized spacial score (nSPS) is 10.0. The molecule has 2 rings (SSSR count). The highest BCUT2D eigenvalue weighted by molar-refractivity contribution is 5.95. The van der Waals surface area contributed by atoms with Crippen molar-refractivity contribution in [1.82, 2.24) is 0 Å². The van der Waals surface area contributed by atoms with Gasteiger partial charge in [0.2, 0.25) is 0 Å². The van der Waals surface area contributed by atoms with Crippen LogP contribution in [0.5, 0.6) is 5.75 Å². The molecule has 2 aromatic rings. The molecule has 0 unspecified atom stereocenters. The Morgan fingerprint density at radius 3 is 2.62 bits per heavy atom. The molecule has 0 aliphatic rings. The molecular formula is C10H6N2O4. The van der Waals surface area contributed by atoms with Crippen molar-refractivity contribution in [1.29, 1.82) is 0 Å². The van der Waals surface area contributed by atoms with Gasteiger partial charge in [0, 0.05) is 5.39 Å². The van der Waals surface area contributed by atoms with Crippen molar-refractivity contribution in [3.63, 3.8) is 0 Å². The average Bonchev–Trinajstić information content (AvgIpc) is 2.28. The van der Waals surface area contributed by atoms with E-state index in [0.717, 1.165) is 5.39 Å². The van der Waals surface area contributed by atoms with Crippen LogP contribution in [0.2, 0.25) is 0 Å². The van der Waals surface area contributed by atoms with Crippen LogP contribution >= 0.6 is 0 Å². The van der Waals surface area contributed by atoms with Gasteiger partial charge in [0.1, 0.15) is 5.69 Å². The van der Waals surface area contributed by atoms with Crippen molar-refractivity contribution < 1.29 is 9.92 Å². The topological polar surface area (TPSA) is 81.8 Å². The maximum absolute atomic E-state index is 10.7. The van der Waals surface area contributed by atoms with Crippen LogP contribution in [0.3, 0.4) is 0 Å². The molecule has 6 heteroatoms. The molecule has 0 saturated carbocycles. The summed E-state index contributed by atoms with van der Waals surface area (Å²) < 4.78 is 0. The number of nitroso groups, excluding NO2 is 1. The third-order valence-corrected chi connectivity index (χ3v) is 2.13. The molecule has 0 aromatic heterocycles. The molecule has 0 bridgehead atoms. The Kier molecular flexibility index (Phi) is 2.47. The lowest BCUT2D eigenvalue weighted by Crippen LogP contribution is -2.03. The van der Waals surface area contributed by atoms with E-state index in [4.69, 9.17) is 0 Å². The number of rotatable bonds is 3. The summed E-state index contributed by atoms with van der Waals surface area (Å²) in [6.45, 7) is 0. The van der Waals surface area contributed by atoms with E-state index in [-0.39, 0.29) is 11.4 Å². The molecule has 0 aliphatic heterocycles. The fourth-order valence-electron chi connectivity index (χ4n) is 1.48. The van der Waals surface area contributed by atoms with Crippen LogP contribution in [0.15, 0.2) is 41.6 Å². The number of hydrogen-bond donors (Lipinski definition) is 0. The van der Waals surface area contributed by atoms with Crippen molar-refractivity contribution in [2.45, 2.75) is 0 Å². The molecule has 0 atom stereocenters. The molecule has 2 aromatic carbocycles. The Balaban J connectivity index is 2.67. The third-order valence-electron chi connectivity index (χ3n) is 2.13. The Labute approximate surface area is 89.5 Å². The Morgan fingerprint density at radius 1 is 1.19 bits per heavy atom. The summed E-state index contributed by atoms with van der Waals surface area (Å²) in [6, 6.07) is 9.92. The Hall–Kier alpha value is -2.50. The highest BCUT2D eigenvalue weighted by Gasteiger charge is 2.11. The largest absolute Gasteiger partial charge is 0.299 e. The van der Waals surface area contributed by atoms with E-state index in [2.05, 4.69) is 10.0 Å². The summed E-state index contributed by atoms with van der Waals surface area (Å²) in [5, 5.41) is 13.3. The zero-order valence-electron chi connectivity index (χ0n) is 7.99. The molecule has 0 radical (unpaired) electrons. The van der Waals surface area contributed by atoms with E-state index >= 15 is 0 Å². The quantitative estimate of drug-likeness (QED) is 0.450. The van der Waals surface area contributed by atoms with E-state index in [1.807, 2.05) is 0 Å². The first kappa shape index (κ1) is 10.0. The number of benzene rings is 2. The highest BCUT2D eigenvalue weighted by atomic mass is 17.0. The molecule has 0 N–H and O–H groups in total. The van der Waals surface area contributed by atoms with Crippen LogP contribution in [0.1, 0.15) is 0 Å². The number of nitrogens with zero attached hydrogens (tertiary/aromatic N) is 2. The molecule has 0 amide bonds. The maximum Gasteiger partial charge on any atom is 0.299 e. The SMILES string of the molecule is O=Nc1c(O[N+](=O)[O-])ccc2ccccc12. The lowest BCUT2D eigenvalue weighted by atomic mass is 10.1. The predicted octanol–water partition coefficient (Wildman–Crippen LogP) is 2.81.